The van der Waals surface area contributed by atoms with E-state index in [4.69, 9.17) is 0 Å². The molecule has 146 valence electrons. The van der Waals surface area contributed by atoms with E-state index in [0.717, 1.165) is 34.0 Å². The van der Waals surface area contributed by atoms with E-state index in [1.165, 1.54) is 11.8 Å². The number of thioether (sulfide) groups is 1. The van der Waals surface area contributed by atoms with Gasteiger partial charge in [0.25, 0.3) is 0 Å². The number of Topliss-reactive ketones (excluding diaryl/α,β-unsaturated/α-hetero) is 1. The summed E-state index contributed by atoms with van der Waals surface area (Å²) in [4.78, 5) is 12.8. The van der Waals surface area contributed by atoms with Gasteiger partial charge in [0.05, 0.1) is 5.75 Å². The average Bonchev–Trinajstić information content (AvgIpc) is 3.30. The van der Waals surface area contributed by atoms with E-state index in [0.29, 0.717) is 10.9 Å². The SMILES string of the molecule is Cc1cc(C(=O)CSc2nnc(-c3ccccc3)n2-c2ccccc2)c(C)n1C. The third-order valence-corrected chi connectivity index (χ3v) is 6.02. The van der Waals surface area contributed by atoms with E-state index in [1.807, 2.05) is 96.8 Å². The van der Waals surface area contributed by atoms with Gasteiger partial charge in [0.15, 0.2) is 16.8 Å². The summed E-state index contributed by atoms with van der Waals surface area (Å²) in [6, 6.07) is 21.9. The fourth-order valence-corrected chi connectivity index (χ4v) is 4.13. The molecule has 0 aliphatic carbocycles. The van der Waals surface area contributed by atoms with Crippen LogP contribution in [0.1, 0.15) is 21.7 Å². The Balaban J connectivity index is 1.66. The van der Waals surface area contributed by atoms with Gasteiger partial charge in [-0.25, -0.2) is 0 Å². The molecule has 5 nitrogen and oxygen atoms in total. The van der Waals surface area contributed by atoms with Gasteiger partial charge in [-0.15, -0.1) is 10.2 Å². The van der Waals surface area contributed by atoms with Gasteiger partial charge in [-0.2, -0.15) is 0 Å². The Labute approximate surface area is 174 Å². The van der Waals surface area contributed by atoms with Gasteiger partial charge in [-0.1, -0.05) is 60.3 Å². The third kappa shape index (κ3) is 3.76. The summed E-state index contributed by atoms with van der Waals surface area (Å²) in [6.45, 7) is 3.99. The number of para-hydroxylation sites is 1. The third-order valence-electron chi connectivity index (χ3n) is 5.09. The molecule has 2 aromatic carbocycles. The molecule has 0 saturated carbocycles. The molecule has 6 heteroatoms. The lowest BCUT2D eigenvalue weighted by Gasteiger charge is -2.10. The highest BCUT2D eigenvalue weighted by Gasteiger charge is 2.19. The lowest BCUT2D eigenvalue weighted by Crippen LogP contribution is -2.06. The molecule has 4 aromatic rings. The zero-order valence-corrected chi connectivity index (χ0v) is 17.5. The molecule has 2 heterocycles. The van der Waals surface area contributed by atoms with Gasteiger partial charge < -0.3 is 4.57 Å². The van der Waals surface area contributed by atoms with Crippen LogP contribution in [0.25, 0.3) is 17.1 Å². The molecule has 0 saturated heterocycles. The summed E-state index contributed by atoms with van der Waals surface area (Å²) in [5.74, 6) is 1.17. The van der Waals surface area contributed by atoms with Crippen LogP contribution in [0.2, 0.25) is 0 Å². The zero-order valence-electron chi connectivity index (χ0n) is 16.7. The number of ketones is 1. The lowest BCUT2D eigenvalue weighted by atomic mass is 10.2. The van der Waals surface area contributed by atoms with Gasteiger partial charge in [-0.3, -0.25) is 9.36 Å². The number of hydrogen-bond acceptors (Lipinski definition) is 4. The molecule has 0 N–H and O–H groups in total. The summed E-state index contributed by atoms with van der Waals surface area (Å²) in [5, 5.41) is 9.53. The molecule has 2 aromatic heterocycles. The first-order valence-electron chi connectivity index (χ1n) is 9.41. The van der Waals surface area contributed by atoms with E-state index in [9.17, 15) is 4.79 Å². The van der Waals surface area contributed by atoms with Crippen molar-refractivity contribution in [2.24, 2.45) is 7.05 Å². The normalized spacial score (nSPS) is 11.0. The van der Waals surface area contributed by atoms with Crippen molar-refractivity contribution in [3.63, 3.8) is 0 Å². The predicted molar refractivity (Wildman–Crippen MR) is 117 cm³/mol. The van der Waals surface area contributed by atoms with Crippen molar-refractivity contribution in [1.82, 2.24) is 19.3 Å². The minimum absolute atomic E-state index is 0.0973. The maximum Gasteiger partial charge on any atom is 0.196 e. The number of nitrogens with zero attached hydrogens (tertiary/aromatic N) is 4. The molecule has 0 radical (unpaired) electrons. The van der Waals surface area contributed by atoms with Gasteiger partial charge in [0.2, 0.25) is 0 Å². The molecular weight excluding hydrogens is 380 g/mol. The lowest BCUT2D eigenvalue weighted by molar-refractivity contribution is 0.102. The molecule has 0 bridgehead atoms. The molecule has 0 spiro atoms. The highest BCUT2D eigenvalue weighted by Crippen LogP contribution is 2.28. The highest BCUT2D eigenvalue weighted by atomic mass is 32.2. The molecule has 0 aliphatic heterocycles. The molecule has 0 amide bonds. The summed E-state index contributed by atoms with van der Waals surface area (Å²) in [5.41, 5.74) is 4.79. The fourth-order valence-electron chi connectivity index (χ4n) is 3.29. The summed E-state index contributed by atoms with van der Waals surface area (Å²) < 4.78 is 4.05. The van der Waals surface area contributed by atoms with Gasteiger partial charge >= 0.3 is 0 Å². The topological polar surface area (TPSA) is 52.7 Å². The average molecular weight is 403 g/mol. The van der Waals surface area contributed by atoms with E-state index < -0.39 is 0 Å². The second kappa shape index (κ2) is 8.09. The van der Waals surface area contributed by atoms with Crippen LogP contribution >= 0.6 is 11.8 Å². The Morgan fingerprint density at radius 1 is 0.966 bits per heavy atom. The first kappa shape index (κ1) is 19.2. The van der Waals surface area contributed by atoms with Gasteiger partial charge in [0, 0.05) is 35.2 Å². The quantitative estimate of drug-likeness (QED) is 0.341. The van der Waals surface area contributed by atoms with Crippen molar-refractivity contribution in [2.75, 3.05) is 5.75 Å². The summed E-state index contributed by atoms with van der Waals surface area (Å²) in [6.07, 6.45) is 0. The Kier molecular flexibility index (Phi) is 5.36. The monoisotopic (exact) mass is 402 g/mol. The summed E-state index contributed by atoms with van der Waals surface area (Å²) >= 11 is 1.41. The first-order valence-corrected chi connectivity index (χ1v) is 10.4. The van der Waals surface area contributed by atoms with Crippen molar-refractivity contribution in [3.8, 4) is 17.1 Å². The van der Waals surface area contributed by atoms with Crippen LogP contribution in [0.3, 0.4) is 0 Å². The molecular formula is C23H22N4OS. The molecule has 29 heavy (non-hydrogen) atoms. The number of aromatic nitrogens is 4. The second-order valence-corrected chi connectivity index (χ2v) is 7.84. The molecule has 0 aliphatic rings. The standard InChI is InChI=1S/C23H22N4OS/c1-16-14-20(17(2)26(16)3)21(28)15-29-23-25-24-22(18-10-6-4-7-11-18)27(23)19-12-8-5-9-13-19/h4-14H,15H2,1-3H3. The Bertz CT molecular complexity index is 1150. The highest BCUT2D eigenvalue weighted by molar-refractivity contribution is 7.99. The summed E-state index contributed by atoms with van der Waals surface area (Å²) in [7, 11) is 1.98. The minimum atomic E-state index is 0.0973. The Morgan fingerprint density at radius 3 is 2.24 bits per heavy atom. The number of carbonyl (C=O) groups is 1. The van der Waals surface area contributed by atoms with Crippen molar-refractivity contribution in [2.45, 2.75) is 19.0 Å². The van der Waals surface area contributed by atoms with Crippen LogP contribution in [-0.4, -0.2) is 30.9 Å². The first-order chi connectivity index (χ1) is 14.1. The second-order valence-electron chi connectivity index (χ2n) is 6.90. The largest absolute Gasteiger partial charge is 0.351 e. The predicted octanol–water partition coefficient (Wildman–Crippen LogP) is 4.86. The Hall–Kier alpha value is -3.12. The van der Waals surface area contributed by atoms with Gasteiger partial charge in [-0.05, 0) is 32.0 Å². The zero-order chi connectivity index (χ0) is 20.4. The van der Waals surface area contributed by atoms with E-state index in [1.54, 1.807) is 0 Å². The van der Waals surface area contributed by atoms with Crippen molar-refractivity contribution in [3.05, 3.63) is 83.7 Å². The van der Waals surface area contributed by atoms with Crippen molar-refractivity contribution >= 4 is 17.5 Å². The van der Waals surface area contributed by atoms with Crippen LogP contribution in [0.4, 0.5) is 0 Å². The molecule has 0 atom stereocenters. The molecule has 0 unspecified atom stereocenters. The number of rotatable bonds is 6. The maximum absolute atomic E-state index is 12.8. The van der Waals surface area contributed by atoms with Crippen molar-refractivity contribution < 1.29 is 4.79 Å². The van der Waals surface area contributed by atoms with Crippen molar-refractivity contribution in [1.29, 1.82) is 0 Å². The van der Waals surface area contributed by atoms with Crippen LogP contribution in [-0.2, 0) is 7.05 Å². The van der Waals surface area contributed by atoms with Gasteiger partial charge in [0.1, 0.15) is 0 Å². The molecule has 0 fully saturated rings. The fraction of sp³-hybridized carbons (Fsp3) is 0.174. The van der Waals surface area contributed by atoms with E-state index >= 15 is 0 Å². The number of carbonyl (C=O) groups excluding carboxylic acids is 1. The van der Waals surface area contributed by atoms with Crippen LogP contribution < -0.4 is 0 Å². The molecule has 4 rings (SSSR count). The van der Waals surface area contributed by atoms with Crippen LogP contribution in [0, 0.1) is 13.8 Å². The van der Waals surface area contributed by atoms with Crippen LogP contribution in [0.5, 0.6) is 0 Å². The number of aryl methyl sites for hydroxylation is 1. The maximum atomic E-state index is 12.8. The van der Waals surface area contributed by atoms with E-state index in [-0.39, 0.29) is 5.78 Å². The number of benzene rings is 2. The minimum Gasteiger partial charge on any atom is -0.351 e. The van der Waals surface area contributed by atoms with Crippen LogP contribution in [0.15, 0.2) is 71.9 Å². The smallest absolute Gasteiger partial charge is 0.196 e. The number of hydrogen-bond donors (Lipinski definition) is 0. The van der Waals surface area contributed by atoms with E-state index in [2.05, 4.69) is 10.2 Å². The Morgan fingerprint density at radius 2 is 1.62 bits per heavy atom.